The van der Waals surface area contributed by atoms with Crippen LogP contribution in [0.1, 0.15) is 44.0 Å². The number of likely N-dealkylation sites (tertiary alicyclic amines) is 1. The normalized spacial score (nSPS) is 18.6. The van der Waals surface area contributed by atoms with E-state index < -0.39 is 0 Å². The highest BCUT2D eigenvalue weighted by Crippen LogP contribution is 2.25. The second-order valence-corrected chi connectivity index (χ2v) is 6.57. The number of rotatable bonds is 7. The van der Waals surface area contributed by atoms with Crippen molar-refractivity contribution in [3.63, 3.8) is 0 Å². The van der Waals surface area contributed by atoms with Crippen LogP contribution < -0.4 is 5.32 Å². The third-order valence-corrected chi connectivity index (χ3v) is 4.69. The Morgan fingerprint density at radius 3 is 2.72 bits per heavy atom. The van der Waals surface area contributed by atoms with Crippen LogP contribution in [0.4, 0.5) is 0 Å². The van der Waals surface area contributed by atoms with Gasteiger partial charge in [0, 0.05) is 10.9 Å². The van der Waals surface area contributed by atoms with Crippen molar-refractivity contribution >= 4 is 11.3 Å². The highest BCUT2D eigenvalue weighted by Gasteiger charge is 2.16. The predicted octanol–water partition coefficient (Wildman–Crippen LogP) is 3.52. The topological polar surface area (TPSA) is 15.3 Å². The summed E-state index contributed by atoms with van der Waals surface area (Å²) < 4.78 is 0. The maximum absolute atomic E-state index is 3.73. The summed E-state index contributed by atoms with van der Waals surface area (Å²) >= 11 is 1.87. The van der Waals surface area contributed by atoms with Crippen molar-refractivity contribution in [1.29, 1.82) is 0 Å². The average Bonchev–Trinajstić information content (AvgIpc) is 3.00. The second kappa shape index (κ2) is 7.27. The molecule has 1 fully saturated rings. The summed E-state index contributed by atoms with van der Waals surface area (Å²) in [6.07, 6.45) is 4.07. The van der Waals surface area contributed by atoms with Gasteiger partial charge in [-0.15, -0.1) is 11.3 Å². The minimum Gasteiger partial charge on any atom is -0.309 e. The van der Waals surface area contributed by atoms with Gasteiger partial charge in [0.2, 0.25) is 0 Å². The van der Waals surface area contributed by atoms with E-state index in [9.17, 15) is 0 Å². The summed E-state index contributed by atoms with van der Waals surface area (Å²) in [7, 11) is 0. The molecular weight excluding hydrogens is 240 g/mol. The minimum absolute atomic E-state index is 0.531. The standard InChI is InChI=1S/C15H26N2S/c1-13(2)15(14-7-5-12-18-14)16-8-6-11-17-9-3-4-10-17/h5,7,12-13,15-16H,3-4,6,8-11H2,1-2H3. The van der Waals surface area contributed by atoms with Gasteiger partial charge < -0.3 is 10.2 Å². The lowest BCUT2D eigenvalue weighted by Crippen LogP contribution is -2.29. The lowest BCUT2D eigenvalue weighted by atomic mass is 10.0. The maximum Gasteiger partial charge on any atom is 0.0438 e. The average molecular weight is 266 g/mol. The molecule has 0 aromatic carbocycles. The van der Waals surface area contributed by atoms with Crippen molar-refractivity contribution in [1.82, 2.24) is 10.2 Å². The van der Waals surface area contributed by atoms with E-state index in [1.807, 2.05) is 11.3 Å². The van der Waals surface area contributed by atoms with E-state index >= 15 is 0 Å². The van der Waals surface area contributed by atoms with Crippen molar-refractivity contribution in [3.8, 4) is 0 Å². The van der Waals surface area contributed by atoms with E-state index in [0.29, 0.717) is 12.0 Å². The third-order valence-electron chi connectivity index (χ3n) is 3.73. The Hall–Kier alpha value is -0.380. The molecule has 1 aliphatic heterocycles. The van der Waals surface area contributed by atoms with Gasteiger partial charge in [-0.3, -0.25) is 0 Å². The fourth-order valence-corrected chi connectivity index (χ4v) is 3.67. The molecule has 0 bridgehead atoms. The first-order chi connectivity index (χ1) is 8.77. The van der Waals surface area contributed by atoms with Crippen LogP contribution in [0, 0.1) is 5.92 Å². The molecule has 18 heavy (non-hydrogen) atoms. The molecule has 2 heterocycles. The van der Waals surface area contributed by atoms with Crippen molar-refractivity contribution in [2.75, 3.05) is 26.2 Å². The molecular formula is C15H26N2S. The second-order valence-electron chi connectivity index (χ2n) is 5.59. The highest BCUT2D eigenvalue weighted by molar-refractivity contribution is 7.10. The molecule has 2 rings (SSSR count). The van der Waals surface area contributed by atoms with Gasteiger partial charge in [-0.25, -0.2) is 0 Å². The number of hydrogen-bond donors (Lipinski definition) is 1. The van der Waals surface area contributed by atoms with Gasteiger partial charge in [0.15, 0.2) is 0 Å². The third kappa shape index (κ3) is 4.08. The molecule has 1 aromatic rings. The fourth-order valence-electron chi connectivity index (χ4n) is 2.70. The zero-order valence-corrected chi connectivity index (χ0v) is 12.5. The van der Waals surface area contributed by atoms with Gasteiger partial charge in [0.05, 0.1) is 0 Å². The Morgan fingerprint density at radius 1 is 1.33 bits per heavy atom. The lowest BCUT2D eigenvalue weighted by Gasteiger charge is -2.22. The molecule has 1 saturated heterocycles. The molecule has 1 aromatic heterocycles. The fraction of sp³-hybridized carbons (Fsp3) is 0.733. The number of nitrogens with zero attached hydrogens (tertiary/aromatic N) is 1. The zero-order valence-electron chi connectivity index (χ0n) is 11.7. The molecule has 0 saturated carbocycles. The summed E-state index contributed by atoms with van der Waals surface area (Å²) in [5.74, 6) is 0.662. The highest BCUT2D eigenvalue weighted by atomic mass is 32.1. The van der Waals surface area contributed by atoms with Crippen molar-refractivity contribution in [2.45, 2.75) is 39.2 Å². The first kappa shape index (κ1) is 14.0. The van der Waals surface area contributed by atoms with Crippen LogP contribution in [-0.2, 0) is 0 Å². The molecule has 2 nitrogen and oxygen atoms in total. The van der Waals surface area contributed by atoms with E-state index in [-0.39, 0.29) is 0 Å². The predicted molar refractivity (Wildman–Crippen MR) is 80.2 cm³/mol. The van der Waals surface area contributed by atoms with Gasteiger partial charge in [-0.05, 0) is 62.8 Å². The lowest BCUT2D eigenvalue weighted by molar-refractivity contribution is 0.321. The summed E-state index contributed by atoms with van der Waals surface area (Å²) in [6, 6.07) is 4.94. The van der Waals surface area contributed by atoms with Crippen molar-refractivity contribution < 1.29 is 0 Å². The van der Waals surface area contributed by atoms with Crippen LogP contribution in [0.2, 0.25) is 0 Å². The van der Waals surface area contributed by atoms with Crippen LogP contribution >= 0.6 is 11.3 Å². The molecule has 1 N–H and O–H groups in total. The monoisotopic (exact) mass is 266 g/mol. The van der Waals surface area contributed by atoms with Gasteiger partial charge in [-0.2, -0.15) is 0 Å². The zero-order chi connectivity index (χ0) is 12.8. The molecule has 3 heteroatoms. The van der Waals surface area contributed by atoms with Crippen molar-refractivity contribution in [3.05, 3.63) is 22.4 Å². The van der Waals surface area contributed by atoms with E-state index in [4.69, 9.17) is 0 Å². The van der Waals surface area contributed by atoms with E-state index in [2.05, 4.69) is 41.6 Å². The van der Waals surface area contributed by atoms with Gasteiger partial charge in [0.25, 0.3) is 0 Å². The molecule has 0 radical (unpaired) electrons. The maximum atomic E-state index is 3.73. The smallest absolute Gasteiger partial charge is 0.0438 e. The van der Waals surface area contributed by atoms with Crippen LogP contribution in [-0.4, -0.2) is 31.1 Å². The summed E-state index contributed by atoms with van der Waals surface area (Å²) in [6.45, 7) is 9.65. The Bertz CT molecular complexity index is 315. The van der Waals surface area contributed by atoms with E-state index in [1.54, 1.807) is 0 Å². The Morgan fingerprint density at radius 2 is 2.11 bits per heavy atom. The van der Waals surface area contributed by atoms with Crippen molar-refractivity contribution in [2.24, 2.45) is 5.92 Å². The van der Waals surface area contributed by atoms with Gasteiger partial charge in [-0.1, -0.05) is 19.9 Å². The van der Waals surface area contributed by atoms with Crippen LogP contribution in [0.25, 0.3) is 0 Å². The Balaban J connectivity index is 1.69. The van der Waals surface area contributed by atoms with Gasteiger partial charge >= 0.3 is 0 Å². The quantitative estimate of drug-likeness (QED) is 0.760. The molecule has 0 spiro atoms. The molecule has 1 unspecified atom stereocenters. The molecule has 0 amide bonds. The number of hydrogen-bond acceptors (Lipinski definition) is 3. The Labute approximate surface area is 115 Å². The summed E-state index contributed by atoms with van der Waals surface area (Å²) in [5.41, 5.74) is 0. The Kier molecular flexibility index (Phi) is 5.67. The molecule has 102 valence electrons. The molecule has 1 atom stereocenters. The first-order valence-corrected chi connectivity index (χ1v) is 8.14. The van der Waals surface area contributed by atoms with Gasteiger partial charge in [0.1, 0.15) is 0 Å². The van der Waals surface area contributed by atoms with E-state index in [0.717, 1.165) is 6.54 Å². The minimum atomic E-state index is 0.531. The van der Waals surface area contributed by atoms with Crippen LogP contribution in [0.5, 0.6) is 0 Å². The molecule has 0 aliphatic carbocycles. The first-order valence-electron chi connectivity index (χ1n) is 7.26. The van der Waals surface area contributed by atoms with Crippen LogP contribution in [0.3, 0.4) is 0 Å². The molecule has 1 aliphatic rings. The number of thiophene rings is 1. The SMILES string of the molecule is CC(C)C(NCCCN1CCCC1)c1cccs1. The van der Waals surface area contributed by atoms with Crippen LogP contribution in [0.15, 0.2) is 17.5 Å². The summed E-state index contributed by atoms with van der Waals surface area (Å²) in [4.78, 5) is 4.07. The largest absolute Gasteiger partial charge is 0.309 e. The van der Waals surface area contributed by atoms with E-state index in [1.165, 1.54) is 43.8 Å². The number of nitrogens with one attached hydrogen (secondary N) is 1. The summed E-state index contributed by atoms with van der Waals surface area (Å²) in [5, 5.41) is 5.91.